The number of nitrogens with one attached hydrogen (secondary N) is 1. The summed E-state index contributed by atoms with van der Waals surface area (Å²) in [6.07, 6.45) is 9.41. The fourth-order valence-electron chi connectivity index (χ4n) is 2.25. The molecule has 2 rings (SSSR count). The van der Waals surface area contributed by atoms with Crippen LogP contribution in [0.15, 0.2) is 24.8 Å². The van der Waals surface area contributed by atoms with Crippen molar-refractivity contribution in [2.24, 2.45) is 11.8 Å². The lowest BCUT2D eigenvalue weighted by Crippen LogP contribution is -2.32. The summed E-state index contributed by atoms with van der Waals surface area (Å²) >= 11 is 0. The summed E-state index contributed by atoms with van der Waals surface area (Å²) in [5.74, 6) is 1.70. The molecule has 2 bridgehead atoms. The van der Waals surface area contributed by atoms with Gasteiger partial charge < -0.3 is 5.32 Å². The average molecular weight is 149 g/mol. The zero-order valence-corrected chi connectivity index (χ0v) is 6.79. The maximum atomic E-state index is 3.70. The van der Waals surface area contributed by atoms with Crippen LogP contribution in [0.1, 0.15) is 12.8 Å². The number of allylic oxidation sites excluding steroid dienone is 1. The lowest BCUT2D eigenvalue weighted by molar-refractivity contribution is 0.472. The molecule has 1 nitrogen and oxygen atoms in total. The van der Waals surface area contributed by atoms with E-state index in [2.05, 4.69) is 24.0 Å². The third kappa shape index (κ3) is 1.25. The van der Waals surface area contributed by atoms with Crippen LogP contribution in [0.2, 0.25) is 0 Å². The summed E-state index contributed by atoms with van der Waals surface area (Å²) < 4.78 is 0. The van der Waals surface area contributed by atoms with Crippen LogP contribution in [0, 0.1) is 11.8 Å². The van der Waals surface area contributed by atoms with Crippen LogP contribution >= 0.6 is 0 Å². The fourth-order valence-corrected chi connectivity index (χ4v) is 2.25. The molecule has 2 aliphatic carbocycles. The Balaban J connectivity index is 1.88. The first-order valence-corrected chi connectivity index (χ1v) is 4.43. The predicted octanol–water partition coefficient (Wildman–Crippen LogP) is 1.73. The number of fused-ring (bicyclic) bond motifs is 2. The van der Waals surface area contributed by atoms with E-state index in [1.54, 1.807) is 0 Å². The van der Waals surface area contributed by atoms with Crippen molar-refractivity contribution in [1.29, 1.82) is 0 Å². The highest BCUT2D eigenvalue weighted by Crippen LogP contribution is 2.38. The van der Waals surface area contributed by atoms with Crippen molar-refractivity contribution in [1.82, 2.24) is 5.32 Å². The molecule has 1 heteroatoms. The van der Waals surface area contributed by atoms with Gasteiger partial charge in [-0.05, 0) is 24.7 Å². The average Bonchev–Trinajstić information content (AvgIpc) is 2.60. The van der Waals surface area contributed by atoms with Crippen LogP contribution in [-0.2, 0) is 0 Å². The first-order valence-electron chi connectivity index (χ1n) is 4.43. The van der Waals surface area contributed by atoms with Gasteiger partial charge in [0.05, 0.1) is 0 Å². The molecule has 0 aliphatic heterocycles. The molecule has 0 heterocycles. The standard InChI is InChI=1S/C10H15N/c1-2-5-11-10-7-8-3-4-9(10)6-8/h2-4,8-11H,1,5-7H2/t8-,9+,10-/m0/s1. The fraction of sp³-hybridized carbons (Fsp3) is 0.600. The second-order valence-corrected chi connectivity index (χ2v) is 3.58. The highest BCUT2D eigenvalue weighted by Gasteiger charge is 2.34. The Hall–Kier alpha value is -0.560. The zero-order chi connectivity index (χ0) is 7.68. The Bertz CT molecular complexity index is 183. The SMILES string of the molecule is C=CCN[C@H]1C[C@H]2C=C[C@@H]1C2. The van der Waals surface area contributed by atoms with Gasteiger partial charge in [0, 0.05) is 12.6 Å². The van der Waals surface area contributed by atoms with E-state index in [1.165, 1.54) is 12.8 Å². The van der Waals surface area contributed by atoms with E-state index in [9.17, 15) is 0 Å². The molecular weight excluding hydrogens is 134 g/mol. The largest absolute Gasteiger partial charge is 0.310 e. The van der Waals surface area contributed by atoms with Gasteiger partial charge in [0.2, 0.25) is 0 Å². The van der Waals surface area contributed by atoms with Crippen LogP contribution in [0.4, 0.5) is 0 Å². The first-order chi connectivity index (χ1) is 5.40. The van der Waals surface area contributed by atoms with E-state index < -0.39 is 0 Å². The van der Waals surface area contributed by atoms with Crippen molar-refractivity contribution < 1.29 is 0 Å². The van der Waals surface area contributed by atoms with Crippen LogP contribution in [0.25, 0.3) is 0 Å². The first kappa shape index (κ1) is 7.11. The molecular formula is C10H15N. The lowest BCUT2D eigenvalue weighted by Gasteiger charge is -2.18. The van der Waals surface area contributed by atoms with Gasteiger partial charge in [-0.3, -0.25) is 0 Å². The lowest BCUT2D eigenvalue weighted by atomic mass is 10.0. The molecule has 0 saturated heterocycles. The van der Waals surface area contributed by atoms with Gasteiger partial charge in [-0.25, -0.2) is 0 Å². The maximum Gasteiger partial charge on any atom is 0.0139 e. The number of hydrogen-bond acceptors (Lipinski definition) is 1. The van der Waals surface area contributed by atoms with Gasteiger partial charge in [-0.1, -0.05) is 18.2 Å². The Kier molecular flexibility index (Phi) is 1.82. The van der Waals surface area contributed by atoms with E-state index in [0.717, 1.165) is 24.4 Å². The maximum absolute atomic E-state index is 3.70. The van der Waals surface area contributed by atoms with Gasteiger partial charge in [0.1, 0.15) is 0 Å². The quantitative estimate of drug-likeness (QED) is 0.602. The van der Waals surface area contributed by atoms with Crippen LogP contribution in [-0.4, -0.2) is 12.6 Å². The van der Waals surface area contributed by atoms with Crippen molar-refractivity contribution in [3.8, 4) is 0 Å². The van der Waals surface area contributed by atoms with E-state index >= 15 is 0 Å². The molecule has 0 amide bonds. The van der Waals surface area contributed by atoms with Crippen LogP contribution in [0.5, 0.6) is 0 Å². The molecule has 3 atom stereocenters. The molecule has 11 heavy (non-hydrogen) atoms. The Morgan fingerprint density at radius 3 is 2.91 bits per heavy atom. The van der Waals surface area contributed by atoms with Crippen LogP contribution < -0.4 is 5.32 Å². The van der Waals surface area contributed by atoms with Crippen LogP contribution in [0.3, 0.4) is 0 Å². The van der Waals surface area contributed by atoms with Gasteiger partial charge in [0.15, 0.2) is 0 Å². The van der Waals surface area contributed by atoms with Gasteiger partial charge in [-0.15, -0.1) is 6.58 Å². The molecule has 0 unspecified atom stereocenters. The molecule has 0 aromatic rings. The third-order valence-corrected chi connectivity index (χ3v) is 2.80. The molecule has 0 aromatic carbocycles. The molecule has 1 saturated carbocycles. The minimum atomic E-state index is 0.739. The summed E-state index contributed by atoms with van der Waals surface area (Å²) in [5.41, 5.74) is 0. The monoisotopic (exact) mass is 149 g/mol. The smallest absolute Gasteiger partial charge is 0.0139 e. The predicted molar refractivity (Wildman–Crippen MR) is 47.3 cm³/mol. The Labute approximate surface area is 68.2 Å². The molecule has 60 valence electrons. The van der Waals surface area contributed by atoms with Crippen molar-refractivity contribution in [3.63, 3.8) is 0 Å². The van der Waals surface area contributed by atoms with Crippen molar-refractivity contribution >= 4 is 0 Å². The Morgan fingerprint density at radius 2 is 2.36 bits per heavy atom. The molecule has 1 fully saturated rings. The highest BCUT2D eigenvalue weighted by atomic mass is 14.9. The van der Waals surface area contributed by atoms with E-state index in [0.29, 0.717) is 0 Å². The summed E-state index contributed by atoms with van der Waals surface area (Å²) in [5, 5.41) is 3.49. The van der Waals surface area contributed by atoms with Crippen molar-refractivity contribution in [2.45, 2.75) is 18.9 Å². The Morgan fingerprint density at radius 1 is 1.45 bits per heavy atom. The zero-order valence-electron chi connectivity index (χ0n) is 6.79. The summed E-state index contributed by atoms with van der Waals surface area (Å²) in [7, 11) is 0. The van der Waals surface area contributed by atoms with Crippen molar-refractivity contribution in [3.05, 3.63) is 24.8 Å². The summed E-state index contributed by atoms with van der Waals surface area (Å²) in [6, 6.07) is 0.739. The molecule has 2 aliphatic rings. The van der Waals surface area contributed by atoms with Gasteiger partial charge in [-0.2, -0.15) is 0 Å². The normalized spacial score (nSPS) is 39.8. The molecule has 0 radical (unpaired) electrons. The van der Waals surface area contributed by atoms with E-state index in [4.69, 9.17) is 0 Å². The molecule has 0 spiro atoms. The summed E-state index contributed by atoms with van der Waals surface area (Å²) in [4.78, 5) is 0. The highest BCUT2D eigenvalue weighted by molar-refractivity contribution is 5.12. The second kappa shape index (κ2) is 2.82. The minimum Gasteiger partial charge on any atom is -0.310 e. The number of hydrogen-bond donors (Lipinski definition) is 1. The number of rotatable bonds is 3. The topological polar surface area (TPSA) is 12.0 Å². The van der Waals surface area contributed by atoms with Gasteiger partial charge >= 0.3 is 0 Å². The minimum absolute atomic E-state index is 0.739. The third-order valence-electron chi connectivity index (χ3n) is 2.80. The van der Waals surface area contributed by atoms with Crippen molar-refractivity contribution in [2.75, 3.05) is 6.54 Å². The van der Waals surface area contributed by atoms with E-state index in [-0.39, 0.29) is 0 Å². The van der Waals surface area contributed by atoms with Gasteiger partial charge in [0.25, 0.3) is 0 Å². The molecule has 1 N–H and O–H groups in total. The molecule has 0 aromatic heterocycles. The second-order valence-electron chi connectivity index (χ2n) is 3.58. The van der Waals surface area contributed by atoms with E-state index in [1.807, 2.05) is 6.08 Å². The summed E-state index contributed by atoms with van der Waals surface area (Å²) in [6.45, 7) is 4.66.